The van der Waals surface area contributed by atoms with E-state index >= 15 is 0 Å². The Balaban J connectivity index is 1.16. The van der Waals surface area contributed by atoms with Gasteiger partial charge in [0.1, 0.15) is 5.84 Å². The van der Waals surface area contributed by atoms with Crippen molar-refractivity contribution in [3.63, 3.8) is 0 Å². The van der Waals surface area contributed by atoms with Crippen LogP contribution in [0.15, 0.2) is 217 Å². The van der Waals surface area contributed by atoms with Crippen LogP contribution in [0.25, 0.3) is 85.2 Å². The van der Waals surface area contributed by atoms with E-state index in [-0.39, 0.29) is 0 Å². The molecule has 6 aromatic carbocycles. The lowest BCUT2D eigenvalue weighted by atomic mass is 9.91. The Morgan fingerprint density at radius 1 is 0.671 bits per heavy atom. The highest BCUT2D eigenvalue weighted by Crippen LogP contribution is 2.45. The summed E-state index contributed by atoms with van der Waals surface area (Å²) in [6, 6.07) is 51.9. The lowest BCUT2D eigenvalue weighted by molar-refractivity contribution is 0.670. The predicted octanol–water partition coefficient (Wildman–Crippen LogP) is 16.7. The number of aromatic nitrogens is 3. The van der Waals surface area contributed by atoms with Crippen molar-refractivity contribution < 1.29 is 0 Å². The number of rotatable bonds is 13. The number of nitrogens with zero attached hydrogens (tertiary/aromatic N) is 5. The van der Waals surface area contributed by atoms with Crippen molar-refractivity contribution in [2.45, 2.75) is 52.4 Å². The highest BCUT2D eigenvalue weighted by molar-refractivity contribution is 6.12. The van der Waals surface area contributed by atoms with Crippen LogP contribution < -0.4 is 5.73 Å². The molecule has 2 N–H and O–H groups in total. The third-order valence-electron chi connectivity index (χ3n) is 15.4. The van der Waals surface area contributed by atoms with Gasteiger partial charge in [-0.1, -0.05) is 190 Å². The summed E-state index contributed by atoms with van der Waals surface area (Å²) >= 11 is 0. The van der Waals surface area contributed by atoms with Crippen LogP contribution in [0.3, 0.4) is 0 Å². The second-order valence-corrected chi connectivity index (χ2v) is 19.9. The third kappa shape index (κ3) is 8.79. The third-order valence-corrected chi connectivity index (χ3v) is 15.4. The minimum absolute atomic E-state index is 0.291. The Morgan fingerprint density at radius 3 is 2.07 bits per heavy atom. The quantitative estimate of drug-likeness (QED) is 0.0908. The van der Waals surface area contributed by atoms with Gasteiger partial charge in [0.2, 0.25) is 0 Å². The van der Waals surface area contributed by atoms with Gasteiger partial charge >= 0.3 is 0 Å². The van der Waals surface area contributed by atoms with Crippen LogP contribution in [-0.2, 0) is 19.3 Å². The van der Waals surface area contributed by atoms with Crippen LogP contribution in [-0.4, -0.2) is 31.9 Å². The molecule has 0 bridgehead atoms. The van der Waals surface area contributed by atoms with E-state index in [4.69, 9.17) is 15.7 Å². The van der Waals surface area contributed by atoms with E-state index in [0.29, 0.717) is 24.1 Å². The number of benzene rings is 6. The first-order valence-corrected chi connectivity index (χ1v) is 27.0. The normalized spacial score (nSPS) is 15.7. The van der Waals surface area contributed by atoms with Crippen molar-refractivity contribution in [1.29, 1.82) is 0 Å². The van der Waals surface area contributed by atoms with Crippen molar-refractivity contribution >= 4 is 80.1 Å². The first kappa shape index (κ1) is 48.0. The summed E-state index contributed by atoms with van der Waals surface area (Å²) in [6.45, 7) is 9.59. The molecule has 3 aliphatic rings. The monoisotopic (exact) mass is 987 g/mol. The highest BCUT2D eigenvalue weighted by atomic mass is 15.1. The highest BCUT2D eigenvalue weighted by Gasteiger charge is 2.30. The Hall–Kier alpha value is -9.00. The molecule has 0 saturated carbocycles. The summed E-state index contributed by atoms with van der Waals surface area (Å²) in [5.74, 6) is 1.31. The maximum absolute atomic E-state index is 7.39. The molecule has 76 heavy (non-hydrogen) atoms. The molecule has 0 aliphatic heterocycles. The number of aryl methyl sites for hydroxylation is 1. The maximum Gasteiger partial charge on any atom is 0.157 e. The minimum atomic E-state index is 0.291. The lowest BCUT2D eigenvalue weighted by Gasteiger charge is -2.24. The number of hydrogen-bond acceptors (Lipinski definition) is 1. The standard InChI is InChI=1S/C70H62N6/c1-4-54-56-34-22-25-39-65(56)75(62(54)6-3)53-40-41-59-55(5-2)66(42-43-74-63-37-23-20-35-57(63)58-36-21-24-38-64(58)74)76(67(59)46-53)68-60(49-28-14-7-8-15-29-49)44-52(45-61(68)50-30-16-10-17-31-50)69(71)73-70(51-32-18-11-19-33-51)72-47-48-26-12-9-13-27-48/h6-7,9-26,28-39,42-46,48H,3-5,8,27,40-41,47H2,1-2H3,(H2,71,72,73)/b43-42+. The second-order valence-electron chi connectivity index (χ2n) is 19.9. The van der Waals surface area contributed by atoms with Crippen LogP contribution in [0.1, 0.15) is 83.6 Å². The van der Waals surface area contributed by atoms with Gasteiger partial charge in [-0.3, -0.25) is 4.99 Å². The molecule has 0 radical (unpaired) electrons. The van der Waals surface area contributed by atoms with E-state index < -0.39 is 0 Å². The molecule has 0 fully saturated rings. The summed E-state index contributed by atoms with van der Waals surface area (Å²) in [5, 5.41) is 3.74. The summed E-state index contributed by atoms with van der Waals surface area (Å²) in [7, 11) is 0. The van der Waals surface area contributed by atoms with Gasteiger partial charge in [0, 0.05) is 68.5 Å². The van der Waals surface area contributed by atoms with Gasteiger partial charge < -0.3 is 19.4 Å². The molecule has 3 heterocycles. The molecule has 1 atom stereocenters. The van der Waals surface area contributed by atoms with E-state index in [2.05, 4.69) is 241 Å². The Bertz CT molecular complexity index is 3950. The van der Waals surface area contributed by atoms with E-state index in [1.54, 1.807) is 0 Å². The number of nitrogens with two attached hydrogens (primary N) is 1. The second kappa shape index (κ2) is 21.1. The molecular formula is C70H62N6. The SMILES string of the molecule is C=Cc1c(CC)c2ccccc2n1C1=Cc2c(c(CC)c(/C=C/n3c4ccccc4c4ccccc43)n2-c2c(C3=CC=CCC=C3)cc(C(N)=NC(=NCC3C=CC=CC3)c3ccccc3)cc2-c2ccccc2)CC1. The molecule has 0 saturated heterocycles. The minimum Gasteiger partial charge on any atom is -0.383 e. The molecule has 9 aromatic rings. The van der Waals surface area contributed by atoms with Crippen molar-refractivity contribution in [1.82, 2.24) is 13.7 Å². The average Bonchev–Trinajstić information content (AvgIpc) is 4.14. The van der Waals surface area contributed by atoms with Gasteiger partial charge in [0.05, 0.1) is 33.6 Å². The van der Waals surface area contributed by atoms with Gasteiger partial charge in [0.25, 0.3) is 0 Å². The zero-order valence-electron chi connectivity index (χ0n) is 43.4. The number of para-hydroxylation sites is 3. The topological polar surface area (TPSA) is 65.5 Å². The van der Waals surface area contributed by atoms with E-state index in [1.165, 1.54) is 60.8 Å². The number of hydrogen-bond donors (Lipinski definition) is 1. The largest absolute Gasteiger partial charge is 0.383 e. The van der Waals surface area contributed by atoms with Gasteiger partial charge in [-0.2, -0.15) is 0 Å². The van der Waals surface area contributed by atoms with Crippen molar-refractivity contribution in [2.24, 2.45) is 21.6 Å². The molecule has 6 heteroatoms. The van der Waals surface area contributed by atoms with E-state index in [9.17, 15) is 0 Å². The fourth-order valence-electron chi connectivity index (χ4n) is 11.9. The number of allylic oxidation sites excluding steroid dienone is 10. The average molecular weight is 987 g/mol. The number of fused-ring (bicyclic) bond motifs is 5. The fourth-order valence-corrected chi connectivity index (χ4v) is 11.9. The molecular weight excluding hydrogens is 925 g/mol. The Kier molecular flexibility index (Phi) is 13.3. The predicted molar refractivity (Wildman–Crippen MR) is 325 cm³/mol. The molecule has 1 unspecified atom stereocenters. The summed E-state index contributed by atoms with van der Waals surface area (Å²) in [6.07, 6.45) is 34.3. The van der Waals surface area contributed by atoms with Crippen molar-refractivity contribution in [2.75, 3.05) is 6.54 Å². The van der Waals surface area contributed by atoms with Crippen molar-refractivity contribution in [3.8, 4) is 16.8 Å². The van der Waals surface area contributed by atoms with Gasteiger partial charge in [-0.25, -0.2) is 4.99 Å². The first-order valence-electron chi connectivity index (χ1n) is 27.0. The zero-order valence-corrected chi connectivity index (χ0v) is 43.4. The number of aliphatic imine (C=N–C) groups is 2. The van der Waals surface area contributed by atoms with Crippen LogP contribution in [0.5, 0.6) is 0 Å². The Labute approximate surface area is 446 Å². The van der Waals surface area contributed by atoms with Crippen molar-refractivity contribution in [3.05, 3.63) is 257 Å². The first-order chi connectivity index (χ1) is 37.5. The molecule has 0 amide bonds. The summed E-state index contributed by atoms with van der Waals surface area (Å²) in [4.78, 5) is 10.4. The van der Waals surface area contributed by atoms with Crippen LogP contribution >= 0.6 is 0 Å². The van der Waals surface area contributed by atoms with Crippen LogP contribution in [0, 0.1) is 5.92 Å². The van der Waals surface area contributed by atoms with Gasteiger partial charge in [-0.15, -0.1) is 0 Å². The zero-order chi connectivity index (χ0) is 51.5. The molecule has 0 spiro atoms. The van der Waals surface area contributed by atoms with Gasteiger partial charge in [-0.05, 0) is 115 Å². The molecule has 12 rings (SSSR count). The fraction of sp³-hybridized carbons (Fsp3) is 0.143. The molecule has 3 aromatic heterocycles. The smallest absolute Gasteiger partial charge is 0.157 e. The van der Waals surface area contributed by atoms with E-state index in [1.807, 2.05) is 18.2 Å². The summed E-state index contributed by atoms with van der Waals surface area (Å²) < 4.78 is 7.43. The molecule has 6 nitrogen and oxygen atoms in total. The maximum atomic E-state index is 7.39. The Morgan fingerprint density at radius 2 is 1.36 bits per heavy atom. The van der Waals surface area contributed by atoms with Crippen LogP contribution in [0.2, 0.25) is 0 Å². The number of amidine groups is 2. The van der Waals surface area contributed by atoms with Gasteiger partial charge in [0.15, 0.2) is 5.84 Å². The lowest BCUT2D eigenvalue weighted by Crippen LogP contribution is -2.18. The van der Waals surface area contributed by atoms with E-state index in [0.717, 1.165) is 89.0 Å². The molecule has 372 valence electrons. The summed E-state index contributed by atoms with van der Waals surface area (Å²) in [5.41, 5.74) is 26.8. The molecule has 3 aliphatic carbocycles. The van der Waals surface area contributed by atoms with Crippen LogP contribution in [0.4, 0.5) is 0 Å².